The normalized spacial score (nSPS) is 10.1. The average Bonchev–Trinajstić information content (AvgIpc) is 2.18. The van der Waals surface area contributed by atoms with Gasteiger partial charge < -0.3 is 0 Å². The van der Waals surface area contributed by atoms with Gasteiger partial charge in [-0.3, -0.25) is 9.36 Å². The Labute approximate surface area is 81.7 Å². The van der Waals surface area contributed by atoms with E-state index >= 15 is 0 Å². The predicted molar refractivity (Wildman–Crippen MR) is 54.6 cm³/mol. The van der Waals surface area contributed by atoms with Crippen molar-refractivity contribution in [1.82, 2.24) is 9.55 Å². The van der Waals surface area contributed by atoms with E-state index in [2.05, 4.69) is 4.98 Å². The van der Waals surface area contributed by atoms with Crippen molar-refractivity contribution < 1.29 is 0 Å². The van der Waals surface area contributed by atoms with E-state index in [1.54, 1.807) is 18.5 Å². The van der Waals surface area contributed by atoms with Crippen LogP contribution in [0.1, 0.15) is 5.56 Å². The van der Waals surface area contributed by atoms with Gasteiger partial charge in [-0.1, -0.05) is 6.07 Å². The first kappa shape index (κ1) is 8.69. The Morgan fingerprint density at radius 3 is 2.86 bits per heavy atom. The van der Waals surface area contributed by atoms with Gasteiger partial charge in [-0.05, 0) is 30.7 Å². The highest BCUT2D eigenvalue weighted by Gasteiger charge is 1.98. The summed E-state index contributed by atoms with van der Waals surface area (Å²) in [7, 11) is 0. The summed E-state index contributed by atoms with van der Waals surface area (Å²) in [4.78, 5) is 15.6. The summed E-state index contributed by atoms with van der Waals surface area (Å²) in [5, 5.41) is 0. The van der Waals surface area contributed by atoms with E-state index in [-0.39, 0.29) is 5.56 Å². The SMILES string of the molecule is Cc1ccnc(-n2ccccc2=O)c1. The second-order valence-electron chi connectivity index (χ2n) is 3.10. The molecule has 0 unspecified atom stereocenters. The van der Waals surface area contributed by atoms with E-state index < -0.39 is 0 Å². The fourth-order valence-electron chi connectivity index (χ4n) is 1.27. The molecule has 3 nitrogen and oxygen atoms in total. The van der Waals surface area contributed by atoms with Crippen LogP contribution >= 0.6 is 0 Å². The van der Waals surface area contributed by atoms with Crippen LogP contribution in [-0.2, 0) is 0 Å². The molecule has 0 spiro atoms. The Morgan fingerprint density at radius 2 is 2.14 bits per heavy atom. The van der Waals surface area contributed by atoms with Gasteiger partial charge in [-0.2, -0.15) is 0 Å². The van der Waals surface area contributed by atoms with E-state index in [0.29, 0.717) is 5.82 Å². The average molecular weight is 186 g/mol. The zero-order valence-corrected chi connectivity index (χ0v) is 7.84. The lowest BCUT2D eigenvalue weighted by atomic mass is 10.3. The Morgan fingerprint density at radius 1 is 1.29 bits per heavy atom. The van der Waals surface area contributed by atoms with Crippen LogP contribution in [0.15, 0.2) is 47.5 Å². The zero-order valence-electron chi connectivity index (χ0n) is 7.84. The zero-order chi connectivity index (χ0) is 9.97. The maximum Gasteiger partial charge on any atom is 0.256 e. The summed E-state index contributed by atoms with van der Waals surface area (Å²) in [6, 6.07) is 8.82. The molecule has 2 rings (SSSR count). The van der Waals surface area contributed by atoms with Gasteiger partial charge >= 0.3 is 0 Å². The Balaban J connectivity index is 2.61. The maximum atomic E-state index is 11.5. The second-order valence-corrected chi connectivity index (χ2v) is 3.10. The molecule has 0 aromatic carbocycles. The van der Waals surface area contributed by atoms with E-state index in [1.807, 2.05) is 25.1 Å². The Hall–Kier alpha value is -1.90. The van der Waals surface area contributed by atoms with Crippen molar-refractivity contribution in [2.24, 2.45) is 0 Å². The van der Waals surface area contributed by atoms with Crippen LogP contribution in [0.25, 0.3) is 5.82 Å². The van der Waals surface area contributed by atoms with Gasteiger partial charge in [0.15, 0.2) is 0 Å². The molecule has 2 heterocycles. The lowest BCUT2D eigenvalue weighted by Crippen LogP contribution is -2.16. The van der Waals surface area contributed by atoms with Crippen molar-refractivity contribution in [2.45, 2.75) is 6.92 Å². The van der Waals surface area contributed by atoms with Gasteiger partial charge in [0.25, 0.3) is 5.56 Å². The highest BCUT2D eigenvalue weighted by molar-refractivity contribution is 5.27. The molecule has 0 aliphatic heterocycles. The fraction of sp³-hybridized carbons (Fsp3) is 0.0909. The Kier molecular flexibility index (Phi) is 2.14. The molecule has 0 N–H and O–H groups in total. The largest absolute Gasteiger partial charge is 0.269 e. The first-order valence-corrected chi connectivity index (χ1v) is 4.38. The highest BCUT2D eigenvalue weighted by atomic mass is 16.1. The third-order valence-corrected chi connectivity index (χ3v) is 1.97. The molecule has 0 aliphatic carbocycles. The summed E-state index contributed by atoms with van der Waals surface area (Å²) in [5.74, 6) is 0.663. The molecule has 2 aromatic heterocycles. The lowest BCUT2D eigenvalue weighted by Gasteiger charge is -2.03. The molecule has 0 saturated carbocycles. The molecule has 2 aromatic rings. The molecule has 0 amide bonds. The number of aryl methyl sites for hydroxylation is 1. The summed E-state index contributed by atoms with van der Waals surface area (Å²) >= 11 is 0. The maximum absolute atomic E-state index is 11.5. The van der Waals surface area contributed by atoms with E-state index in [1.165, 1.54) is 10.6 Å². The Bertz CT molecular complexity index is 502. The standard InChI is InChI=1S/C11H10N2O/c1-9-5-6-12-10(8-9)13-7-3-2-4-11(13)14/h2-8H,1H3. The van der Waals surface area contributed by atoms with Crippen molar-refractivity contribution in [3.8, 4) is 5.82 Å². The van der Waals surface area contributed by atoms with Crippen molar-refractivity contribution in [3.05, 3.63) is 58.6 Å². The van der Waals surface area contributed by atoms with Crippen LogP contribution in [0.5, 0.6) is 0 Å². The van der Waals surface area contributed by atoms with Crippen LogP contribution in [0.2, 0.25) is 0 Å². The molecule has 14 heavy (non-hydrogen) atoms. The minimum Gasteiger partial charge on any atom is -0.269 e. The lowest BCUT2D eigenvalue weighted by molar-refractivity contribution is 0.937. The first-order valence-electron chi connectivity index (χ1n) is 4.38. The van der Waals surface area contributed by atoms with Crippen molar-refractivity contribution in [3.63, 3.8) is 0 Å². The number of pyridine rings is 2. The quantitative estimate of drug-likeness (QED) is 0.677. The number of rotatable bonds is 1. The summed E-state index contributed by atoms with van der Waals surface area (Å²) in [5.41, 5.74) is 1.02. The topological polar surface area (TPSA) is 34.9 Å². The smallest absolute Gasteiger partial charge is 0.256 e. The molecule has 0 atom stereocenters. The molecular formula is C11H10N2O. The molecule has 0 saturated heterocycles. The summed E-state index contributed by atoms with van der Waals surface area (Å²) in [6.45, 7) is 1.97. The van der Waals surface area contributed by atoms with Crippen LogP contribution in [0, 0.1) is 6.92 Å². The summed E-state index contributed by atoms with van der Waals surface area (Å²) in [6.07, 6.45) is 3.41. The second kappa shape index (κ2) is 3.46. The molecule has 0 bridgehead atoms. The summed E-state index contributed by atoms with van der Waals surface area (Å²) < 4.78 is 1.52. The van der Waals surface area contributed by atoms with Gasteiger partial charge in [0.05, 0.1) is 0 Å². The molecule has 0 radical (unpaired) electrons. The number of nitrogens with zero attached hydrogens (tertiary/aromatic N) is 2. The molecule has 0 fully saturated rings. The molecule has 70 valence electrons. The first-order chi connectivity index (χ1) is 6.77. The van der Waals surface area contributed by atoms with Gasteiger partial charge in [-0.15, -0.1) is 0 Å². The highest BCUT2D eigenvalue weighted by Crippen LogP contribution is 2.02. The van der Waals surface area contributed by atoms with Crippen molar-refractivity contribution >= 4 is 0 Å². The predicted octanol–water partition coefficient (Wildman–Crippen LogP) is 1.54. The molecular weight excluding hydrogens is 176 g/mol. The minimum atomic E-state index is -0.0643. The third-order valence-electron chi connectivity index (χ3n) is 1.97. The van der Waals surface area contributed by atoms with Crippen LogP contribution in [0.3, 0.4) is 0 Å². The van der Waals surface area contributed by atoms with Crippen LogP contribution in [-0.4, -0.2) is 9.55 Å². The number of hydrogen-bond donors (Lipinski definition) is 0. The van der Waals surface area contributed by atoms with Crippen molar-refractivity contribution in [2.75, 3.05) is 0 Å². The van der Waals surface area contributed by atoms with Crippen LogP contribution in [0.4, 0.5) is 0 Å². The third kappa shape index (κ3) is 1.57. The van der Waals surface area contributed by atoms with Crippen LogP contribution < -0.4 is 5.56 Å². The number of hydrogen-bond acceptors (Lipinski definition) is 2. The van der Waals surface area contributed by atoms with E-state index in [9.17, 15) is 4.79 Å². The van der Waals surface area contributed by atoms with Gasteiger partial charge in [0.2, 0.25) is 0 Å². The minimum absolute atomic E-state index is 0.0643. The van der Waals surface area contributed by atoms with Gasteiger partial charge in [0, 0.05) is 18.5 Å². The number of aromatic nitrogens is 2. The monoisotopic (exact) mass is 186 g/mol. The van der Waals surface area contributed by atoms with Gasteiger partial charge in [-0.25, -0.2) is 4.98 Å². The van der Waals surface area contributed by atoms with Gasteiger partial charge in [0.1, 0.15) is 5.82 Å². The van der Waals surface area contributed by atoms with E-state index in [4.69, 9.17) is 0 Å². The molecule has 0 aliphatic rings. The molecule has 3 heteroatoms. The van der Waals surface area contributed by atoms with Crippen molar-refractivity contribution in [1.29, 1.82) is 0 Å². The van der Waals surface area contributed by atoms with E-state index in [0.717, 1.165) is 5.56 Å². The fourth-order valence-corrected chi connectivity index (χ4v) is 1.27.